The van der Waals surface area contributed by atoms with Crippen molar-refractivity contribution in [1.82, 2.24) is 0 Å². The Labute approximate surface area is 164 Å². The Morgan fingerprint density at radius 3 is 2.54 bits per heavy atom. The minimum atomic E-state index is -2.10. The van der Waals surface area contributed by atoms with Gasteiger partial charge in [0.15, 0.2) is 23.0 Å². The molecule has 0 heterocycles. The molecule has 28 heavy (non-hydrogen) atoms. The van der Waals surface area contributed by atoms with Gasteiger partial charge in [-0.15, -0.1) is 0 Å². The lowest BCUT2D eigenvalue weighted by atomic mass is 9.44. The highest BCUT2D eigenvalue weighted by atomic mass is 19.1. The van der Waals surface area contributed by atoms with Crippen molar-refractivity contribution in [3.05, 3.63) is 23.8 Å². The molecule has 4 aliphatic rings. The van der Waals surface area contributed by atoms with Crippen molar-refractivity contribution in [2.24, 2.45) is 34.0 Å². The second-order valence-corrected chi connectivity index (χ2v) is 9.98. The number of allylic oxidation sites excluding steroid dienone is 4. The van der Waals surface area contributed by atoms with Gasteiger partial charge in [-0.05, 0) is 55.6 Å². The maximum Gasteiger partial charge on any atom is 0.184 e. The first-order valence-corrected chi connectivity index (χ1v) is 10.2. The van der Waals surface area contributed by atoms with Crippen LogP contribution in [-0.2, 0) is 14.4 Å². The van der Waals surface area contributed by atoms with Gasteiger partial charge < -0.3 is 0 Å². The predicted octanol–water partition coefficient (Wildman–Crippen LogP) is 4.36. The van der Waals surface area contributed by atoms with E-state index in [2.05, 4.69) is 0 Å². The van der Waals surface area contributed by atoms with Crippen molar-refractivity contribution < 1.29 is 23.2 Å². The molecule has 0 aromatic rings. The molecule has 0 aromatic heterocycles. The van der Waals surface area contributed by atoms with Gasteiger partial charge in [0.25, 0.3) is 0 Å². The van der Waals surface area contributed by atoms with Crippen LogP contribution in [-0.4, -0.2) is 29.7 Å². The van der Waals surface area contributed by atoms with Crippen molar-refractivity contribution in [1.29, 1.82) is 0 Å². The van der Waals surface area contributed by atoms with Crippen LogP contribution in [0.2, 0.25) is 0 Å². The Balaban J connectivity index is 1.85. The molecule has 0 radical (unpaired) electrons. The number of fused-ring (bicyclic) bond motifs is 5. The van der Waals surface area contributed by atoms with Crippen molar-refractivity contribution in [2.45, 2.75) is 59.0 Å². The van der Waals surface area contributed by atoms with Gasteiger partial charge in [-0.25, -0.2) is 8.78 Å². The van der Waals surface area contributed by atoms with Gasteiger partial charge in [0.1, 0.15) is 6.67 Å². The molecular formula is C23H28F2O3. The van der Waals surface area contributed by atoms with E-state index in [9.17, 15) is 18.8 Å². The number of halogens is 2. The maximum atomic E-state index is 16.8. The van der Waals surface area contributed by atoms with E-state index in [0.717, 1.165) is 0 Å². The summed E-state index contributed by atoms with van der Waals surface area (Å²) in [5.74, 6) is -1.97. The molecule has 0 aliphatic heterocycles. The molecule has 5 heteroatoms. The summed E-state index contributed by atoms with van der Waals surface area (Å²) >= 11 is 0. The Hall–Kier alpha value is -1.65. The summed E-state index contributed by atoms with van der Waals surface area (Å²) in [7, 11) is 0. The third-order valence-electron chi connectivity index (χ3n) is 9.27. The molecule has 0 aromatic carbocycles. The van der Waals surface area contributed by atoms with Crippen LogP contribution < -0.4 is 0 Å². The molecule has 0 bridgehead atoms. The zero-order chi connectivity index (χ0) is 20.7. The fraction of sp³-hybridized carbons (Fsp3) is 0.696. The first kappa shape index (κ1) is 19.7. The molecule has 4 aliphatic carbocycles. The molecule has 4 rings (SSSR count). The quantitative estimate of drug-likeness (QED) is 0.704. The number of carbonyl (C=O) groups excluding carboxylic acids is 3. The number of hydrogen-bond donors (Lipinski definition) is 0. The van der Waals surface area contributed by atoms with Gasteiger partial charge in [0.05, 0.1) is 0 Å². The summed E-state index contributed by atoms with van der Waals surface area (Å²) < 4.78 is 30.3. The van der Waals surface area contributed by atoms with E-state index in [4.69, 9.17) is 0 Å². The predicted molar refractivity (Wildman–Crippen MR) is 101 cm³/mol. The summed E-state index contributed by atoms with van der Waals surface area (Å²) in [6, 6.07) is 0. The summed E-state index contributed by atoms with van der Waals surface area (Å²) in [6.45, 7) is 6.25. The van der Waals surface area contributed by atoms with Gasteiger partial charge in [-0.3, -0.25) is 14.4 Å². The number of carbonyl (C=O) groups is 3. The summed E-state index contributed by atoms with van der Waals surface area (Å²) in [6.07, 6.45) is 5.99. The van der Waals surface area contributed by atoms with Gasteiger partial charge in [0, 0.05) is 23.2 Å². The summed E-state index contributed by atoms with van der Waals surface area (Å²) in [5, 5.41) is 0. The van der Waals surface area contributed by atoms with Crippen LogP contribution in [0.15, 0.2) is 23.8 Å². The van der Waals surface area contributed by atoms with Crippen LogP contribution in [0, 0.1) is 34.0 Å². The Bertz CT molecular complexity index is 845. The molecule has 0 amide bonds. The van der Waals surface area contributed by atoms with Crippen LogP contribution in [0.4, 0.5) is 8.78 Å². The van der Waals surface area contributed by atoms with Crippen molar-refractivity contribution in [3.63, 3.8) is 0 Å². The van der Waals surface area contributed by atoms with Crippen molar-refractivity contribution >= 4 is 17.3 Å². The number of hydrogen-bond acceptors (Lipinski definition) is 3. The van der Waals surface area contributed by atoms with E-state index in [-0.39, 0.29) is 24.0 Å². The number of alkyl halides is 2. The molecule has 7 atom stereocenters. The average Bonchev–Trinajstić information content (AvgIpc) is 2.84. The first-order valence-electron chi connectivity index (χ1n) is 10.2. The topological polar surface area (TPSA) is 51.2 Å². The molecule has 0 N–H and O–H groups in total. The van der Waals surface area contributed by atoms with Gasteiger partial charge in [-0.1, -0.05) is 32.4 Å². The highest BCUT2D eigenvalue weighted by Gasteiger charge is 2.74. The average molecular weight is 390 g/mol. The SMILES string of the molecule is CC1C[C@H]2[C@@H]3CCC4=CC(=O)C=C[C@]4(C)[C@@]3(F)C(=O)C[C@]2(C)[C@@]1(C)C(=O)CF. The minimum Gasteiger partial charge on any atom is -0.296 e. The molecule has 3 saturated carbocycles. The standard InChI is InChI=1S/C23H28F2O3/c1-13-9-17-16-6-5-14-10-15(26)7-8-20(14,2)23(16,25)18(27)11-21(17,3)22(13,4)19(28)12-24/h7-8,10,13,16-17H,5-6,9,11-12H2,1-4H3/t13?,16-,17-,20-,21-,22+,23-/m0/s1. The Morgan fingerprint density at radius 2 is 1.89 bits per heavy atom. The maximum absolute atomic E-state index is 16.8. The molecule has 1 unspecified atom stereocenters. The van der Waals surface area contributed by atoms with Crippen molar-refractivity contribution in [3.8, 4) is 0 Å². The minimum absolute atomic E-state index is 0.0676. The lowest BCUT2D eigenvalue weighted by Gasteiger charge is -2.60. The molecule has 3 nitrogen and oxygen atoms in total. The lowest BCUT2D eigenvalue weighted by molar-refractivity contribution is -0.173. The molecule has 0 saturated heterocycles. The van der Waals surface area contributed by atoms with Gasteiger partial charge in [0.2, 0.25) is 0 Å². The molecule has 0 spiro atoms. The molecular weight excluding hydrogens is 362 g/mol. The van der Waals surface area contributed by atoms with Crippen LogP contribution in [0.1, 0.15) is 53.4 Å². The monoisotopic (exact) mass is 390 g/mol. The van der Waals surface area contributed by atoms with E-state index in [1.54, 1.807) is 19.9 Å². The molecule has 152 valence electrons. The van der Waals surface area contributed by atoms with E-state index in [1.165, 1.54) is 12.2 Å². The second kappa shape index (κ2) is 5.70. The van der Waals surface area contributed by atoms with Gasteiger partial charge >= 0.3 is 0 Å². The van der Waals surface area contributed by atoms with E-state index in [1.807, 2.05) is 13.8 Å². The highest BCUT2D eigenvalue weighted by Crippen LogP contribution is 2.72. The third kappa shape index (κ3) is 1.96. The van der Waals surface area contributed by atoms with Crippen molar-refractivity contribution in [2.75, 3.05) is 6.67 Å². The number of Topliss-reactive ketones (excluding diaryl/α,β-unsaturated/α-hetero) is 2. The van der Waals surface area contributed by atoms with Crippen LogP contribution >= 0.6 is 0 Å². The van der Waals surface area contributed by atoms with Gasteiger partial charge in [-0.2, -0.15) is 0 Å². The smallest absolute Gasteiger partial charge is 0.184 e. The molecule has 3 fully saturated rings. The van der Waals surface area contributed by atoms with Crippen LogP contribution in [0.5, 0.6) is 0 Å². The third-order valence-corrected chi connectivity index (χ3v) is 9.27. The summed E-state index contributed by atoms with van der Waals surface area (Å²) in [4.78, 5) is 37.9. The largest absolute Gasteiger partial charge is 0.296 e. The Morgan fingerprint density at radius 1 is 1.21 bits per heavy atom. The Kier molecular flexibility index (Phi) is 4.00. The van der Waals surface area contributed by atoms with E-state index >= 15 is 4.39 Å². The van der Waals surface area contributed by atoms with E-state index < -0.39 is 46.1 Å². The summed E-state index contributed by atoms with van der Waals surface area (Å²) in [5.41, 5.74) is -4.27. The number of rotatable bonds is 2. The van der Waals surface area contributed by atoms with E-state index in [0.29, 0.717) is 24.8 Å². The number of ketones is 3. The fourth-order valence-electron chi connectivity index (χ4n) is 7.22. The highest BCUT2D eigenvalue weighted by molar-refractivity contribution is 6.02. The van der Waals surface area contributed by atoms with Crippen LogP contribution in [0.25, 0.3) is 0 Å². The first-order chi connectivity index (χ1) is 13.0. The normalized spacial score (nSPS) is 49.9. The zero-order valence-electron chi connectivity index (χ0n) is 17.0. The second-order valence-electron chi connectivity index (χ2n) is 9.98. The van der Waals surface area contributed by atoms with Crippen LogP contribution in [0.3, 0.4) is 0 Å². The lowest BCUT2D eigenvalue weighted by Crippen LogP contribution is -2.66. The zero-order valence-corrected chi connectivity index (χ0v) is 17.0. The fourth-order valence-corrected chi connectivity index (χ4v) is 7.22.